The summed E-state index contributed by atoms with van der Waals surface area (Å²) in [6.07, 6.45) is 20.4. The molecule has 2 heterocycles. The average molecular weight is 417 g/mol. The van der Waals surface area contributed by atoms with Gasteiger partial charge in [0.2, 0.25) is 0 Å². The van der Waals surface area contributed by atoms with E-state index >= 15 is 0 Å². The van der Waals surface area contributed by atoms with Crippen LogP contribution in [0.4, 0.5) is 0 Å². The maximum absolute atomic E-state index is 4.95. The summed E-state index contributed by atoms with van der Waals surface area (Å²) in [5.74, 6) is 0.982. The highest BCUT2D eigenvalue weighted by atomic mass is 15.1. The highest BCUT2D eigenvalue weighted by Crippen LogP contribution is 2.29. The van der Waals surface area contributed by atoms with Crippen LogP contribution in [0.5, 0.6) is 0 Å². The largest absolute Gasteiger partial charge is 0.375 e. The van der Waals surface area contributed by atoms with E-state index in [0.717, 1.165) is 30.8 Å². The van der Waals surface area contributed by atoms with Crippen LogP contribution in [0.25, 0.3) is 10.9 Å². The maximum Gasteiger partial charge on any atom is 0.0708 e. The molecular weight excluding hydrogens is 376 g/mol. The van der Waals surface area contributed by atoms with Gasteiger partial charge in [-0.3, -0.25) is 4.98 Å². The standard InChI is InChI=1S/C29H40N2/c1-23-13-12-22-31(23)21-11-10-18-27-26(17-5-3-4-14-25-15-6-7-16-25)24(2)30-29-20-9-8-19-28(27)29/h3,5,8-9,19-20,25H,1,4,6-7,10-18,21-22H2,2H3/b5-3+. The lowest BCUT2D eigenvalue weighted by Crippen LogP contribution is -2.18. The Bertz CT molecular complexity index is 904. The summed E-state index contributed by atoms with van der Waals surface area (Å²) >= 11 is 0. The first-order valence-corrected chi connectivity index (χ1v) is 12.7. The van der Waals surface area contributed by atoms with Crippen molar-refractivity contribution in [3.63, 3.8) is 0 Å². The highest BCUT2D eigenvalue weighted by molar-refractivity contribution is 5.83. The average Bonchev–Trinajstić information content (AvgIpc) is 3.44. The molecule has 0 N–H and O–H groups in total. The van der Waals surface area contributed by atoms with Gasteiger partial charge >= 0.3 is 0 Å². The number of aryl methyl sites for hydroxylation is 2. The van der Waals surface area contributed by atoms with Gasteiger partial charge in [0.05, 0.1) is 5.52 Å². The summed E-state index contributed by atoms with van der Waals surface area (Å²) in [6.45, 7) is 8.79. The van der Waals surface area contributed by atoms with E-state index in [4.69, 9.17) is 4.98 Å². The van der Waals surface area contributed by atoms with E-state index in [2.05, 4.69) is 54.8 Å². The molecule has 2 nitrogen and oxygen atoms in total. The molecule has 31 heavy (non-hydrogen) atoms. The van der Waals surface area contributed by atoms with Gasteiger partial charge in [-0.1, -0.05) is 62.6 Å². The molecule has 1 aromatic heterocycles. The third-order valence-electron chi connectivity index (χ3n) is 7.47. The van der Waals surface area contributed by atoms with Gasteiger partial charge in [-0.2, -0.15) is 0 Å². The first kappa shape index (κ1) is 22.1. The normalized spacial score (nSPS) is 17.6. The number of fused-ring (bicyclic) bond motifs is 1. The summed E-state index contributed by atoms with van der Waals surface area (Å²) in [5.41, 5.74) is 6.69. The van der Waals surface area contributed by atoms with Gasteiger partial charge in [0, 0.05) is 29.9 Å². The molecule has 2 aromatic rings. The summed E-state index contributed by atoms with van der Waals surface area (Å²) in [7, 11) is 0. The van der Waals surface area contributed by atoms with Gasteiger partial charge in [0.25, 0.3) is 0 Å². The number of allylic oxidation sites excluding steroid dienone is 3. The zero-order valence-corrected chi connectivity index (χ0v) is 19.5. The van der Waals surface area contributed by atoms with Crippen LogP contribution in [-0.2, 0) is 12.8 Å². The molecule has 0 spiro atoms. The van der Waals surface area contributed by atoms with E-state index in [1.165, 1.54) is 98.7 Å². The van der Waals surface area contributed by atoms with E-state index in [9.17, 15) is 0 Å². The molecule has 0 amide bonds. The highest BCUT2D eigenvalue weighted by Gasteiger charge is 2.16. The molecule has 0 unspecified atom stereocenters. The topological polar surface area (TPSA) is 16.1 Å². The van der Waals surface area contributed by atoms with E-state index < -0.39 is 0 Å². The van der Waals surface area contributed by atoms with Crippen LogP contribution in [0, 0.1) is 12.8 Å². The molecule has 2 aliphatic rings. The van der Waals surface area contributed by atoms with Crippen molar-refractivity contribution < 1.29 is 0 Å². The molecule has 0 bridgehead atoms. The molecule has 1 aliphatic heterocycles. The quantitative estimate of drug-likeness (QED) is 0.294. The Morgan fingerprint density at radius 1 is 1.06 bits per heavy atom. The van der Waals surface area contributed by atoms with Gasteiger partial charge in [0.1, 0.15) is 0 Å². The fourth-order valence-corrected chi connectivity index (χ4v) is 5.63. The lowest BCUT2D eigenvalue weighted by molar-refractivity contribution is 0.381. The third-order valence-corrected chi connectivity index (χ3v) is 7.47. The van der Waals surface area contributed by atoms with E-state index in [1.807, 2.05) is 0 Å². The first-order chi connectivity index (χ1) is 15.2. The minimum Gasteiger partial charge on any atom is -0.375 e. The summed E-state index contributed by atoms with van der Waals surface area (Å²) < 4.78 is 0. The number of aromatic nitrogens is 1. The van der Waals surface area contributed by atoms with Crippen molar-refractivity contribution in [2.75, 3.05) is 13.1 Å². The Labute approximate surface area is 189 Å². The first-order valence-electron chi connectivity index (χ1n) is 12.7. The molecule has 0 atom stereocenters. The second-order valence-corrected chi connectivity index (χ2v) is 9.69. The number of nitrogens with zero attached hydrogens (tertiary/aromatic N) is 2. The predicted molar refractivity (Wildman–Crippen MR) is 133 cm³/mol. The van der Waals surface area contributed by atoms with Crippen molar-refractivity contribution in [1.82, 2.24) is 9.88 Å². The van der Waals surface area contributed by atoms with Crippen LogP contribution >= 0.6 is 0 Å². The lowest BCUT2D eigenvalue weighted by atomic mass is 9.94. The van der Waals surface area contributed by atoms with Crippen molar-refractivity contribution in [3.8, 4) is 0 Å². The molecule has 2 fully saturated rings. The van der Waals surface area contributed by atoms with Gasteiger partial charge in [0.15, 0.2) is 0 Å². The zero-order valence-electron chi connectivity index (χ0n) is 19.5. The molecular formula is C29H40N2. The Morgan fingerprint density at radius 2 is 1.90 bits per heavy atom. The number of pyridine rings is 1. The van der Waals surface area contributed by atoms with Crippen LogP contribution in [-0.4, -0.2) is 23.0 Å². The maximum atomic E-state index is 4.95. The smallest absolute Gasteiger partial charge is 0.0708 e. The minimum atomic E-state index is 0.982. The SMILES string of the molecule is C=C1CCCN1CCCCc1c(C/C=C/CCC2CCCC2)c(C)nc2ccccc12. The van der Waals surface area contributed by atoms with Crippen molar-refractivity contribution in [1.29, 1.82) is 0 Å². The number of hydrogen-bond acceptors (Lipinski definition) is 2. The predicted octanol–water partition coefficient (Wildman–Crippen LogP) is 7.54. The second-order valence-electron chi connectivity index (χ2n) is 9.69. The molecule has 4 rings (SSSR count). The monoisotopic (exact) mass is 416 g/mol. The molecule has 2 heteroatoms. The van der Waals surface area contributed by atoms with Crippen LogP contribution in [0.3, 0.4) is 0 Å². The van der Waals surface area contributed by atoms with Crippen LogP contribution < -0.4 is 0 Å². The molecule has 1 saturated heterocycles. The summed E-state index contributed by atoms with van der Waals surface area (Å²) in [4.78, 5) is 7.44. The molecule has 166 valence electrons. The number of hydrogen-bond donors (Lipinski definition) is 0. The van der Waals surface area contributed by atoms with E-state index in [0.29, 0.717) is 0 Å². The lowest BCUT2D eigenvalue weighted by Gasteiger charge is -2.19. The fourth-order valence-electron chi connectivity index (χ4n) is 5.63. The number of unbranched alkanes of at least 4 members (excludes halogenated alkanes) is 1. The Kier molecular flexibility index (Phi) is 7.83. The zero-order chi connectivity index (χ0) is 21.5. The van der Waals surface area contributed by atoms with Crippen molar-refractivity contribution in [3.05, 3.63) is 65.5 Å². The van der Waals surface area contributed by atoms with Gasteiger partial charge < -0.3 is 4.90 Å². The van der Waals surface area contributed by atoms with Crippen LogP contribution in [0.15, 0.2) is 48.7 Å². The Balaban J connectivity index is 1.40. The van der Waals surface area contributed by atoms with E-state index in [-0.39, 0.29) is 0 Å². The third kappa shape index (κ3) is 5.79. The van der Waals surface area contributed by atoms with E-state index in [1.54, 1.807) is 0 Å². The molecule has 1 aliphatic carbocycles. The molecule has 1 aromatic carbocycles. The number of rotatable bonds is 10. The fraction of sp³-hybridized carbons (Fsp3) is 0.552. The molecule has 1 saturated carbocycles. The van der Waals surface area contributed by atoms with Crippen LogP contribution in [0.2, 0.25) is 0 Å². The summed E-state index contributed by atoms with van der Waals surface area (Å²) in [5, 5.41) is 1.35. The Hall–Kier alpha value is -2.09. The van der Waals surface area contributed by atoms with Gasteiger partial charge in [-0.25, -0.2) is 0 Å². The van der Waals surface area contributed by atoms with Crippen molar-refractivity contribution in [2.24, 2.45) is 5.92 Å². The minimum absolute atomic E-state index is 0.982. The number of para-hydroxylation sites is 1. The van der Waals surface area contributed by atoms with Crippen molar-refractivity contribution in [2.45, 2.75) is 84.0 Å². The van der Waals surface area contributed by atoms with Gasteiger partial charge in [-0.15, -0.1) is 0 Å². The number of likely N-dealkylation sites (tertiary alicyclic amines) is 1. The Morgan fingerprint density at radius 3 is 2.71 bits per heavy atom. The number of benzene rings is 1. The van der Waals surface area contributed by atoms with Crippen molar-refractivity contribution >= 4 is 10.9 Å². The molecule has 0 radical (unpaired) electrons. The van der Waals surface area contributed by atoms with Crippen LogP contribution in [0.1, 0.15) is 81.0 Å². The second kappa shape index (κ2) is 11.0. The van der Waals surface area contributed by atoms with Gasteiger partial charge in [-0.05, 0) is 81.4 Å². The summed E-state index contributed by atoms with van der Waals surface area (Å²) in [6, 6.07) is 8.71.